The van der Waals surface area contributed by atoms with E-state index in [0.717, 1.165) is 47.3 Å². The van der Waals surface area contributed by atoms with Crippen molar-refractivity contribution >= 4 is 28.8 Å². The monoisotopic (exact) mass is 478 g/mol. The van der Waals surface area contributed by atoms with Crippen LogP contribution in [0.3, 0.4) is 0 Å². The molecule has 0 radical (unpaired) electrons. The Kier molecular flexibility index (Phi) is 7.78. The number of amides is 2. The number of benzene rings is 2. The minimum atomic E-state index is -0.891. The smallest absolute Gasteiger partial charge is 0.248 e. The summed E-state index contributed by atoms with van der Waals surface area (Å²) in [6, 6.07) is 14.8. The van der Waals surface area contributed by atoms with E-state index < -0.39 is 11.9 Å². The number of hydrogen-bond donors (Lipinski definition) is 1. The van der Waals surface area contributed by atoms with Gasteiger partial charge in [0.15, 0.2) is 0 Å². The van der Waals surface area contributed by atoms with E-state index in [9.17, 15) is 14.0 Å². The SMILES string of the molecule is Cc1cccc(C)c1C(C(=O)NC1CCCCC1)N(C(=O)Cc1cccs1)c1cccc(F)c1. The molecule has 1 aliphatic rings. The number of hydrogen-bond acceptors (Lipinski definition) is 3. The lowest BCUT2D eigenvalue weighted by molar-refractivity contribution is -0.127. The molecule has 2 amide bonds. The van der Waals surface area contributed by atoms with Crippen LogP contribution >= 0.6 is 11.3 Å². The first-order valence-electron chi connectivity index (χ1n) is 11.9. The van der Waals surface area contributed by atoms with E-state index >= 15 is 0 Å². The average Bonchev–Trinajstić information content (AvgIpc) is 3.32. The number of rotatable bonds is 7. The second-order valence-corrected chi connectivity index (χ2v) is 10.1. The fourth-order valence-corrected chi connectivity index (χ4v) is 5.57. The van der Waals surface area contributed by atoms with E-state index in [1.807, 2.05) is 49.6 Å². The summed E-state index contributed by atoms with van der Waals surface area (Å²) in [4.78, 5) is 30.1. The van der Waals surface area contributed by atoms with Crippen molar-refractivity contribution in [3.8, 4) is 0 Å². The van der Waals surface area contributed by atoms with Crippen LogP contribution in [-0.2, 0) is 16.0 Å². The number of anilines is 1. The molecule has 1 aromatic heterocycles. The second-order valence-electron chi connectivity index (χ2n) is 9.05. The van der Waals surface area contributed by atoms with E-state index in [4.69, 9.17) is 0 Å². The molecule has 1 saturated carbocycles. The van der Waals surface area contributed by atoms with Crippen molar-refractivity contribution in [1.82, 2.24) is 5.32 Å². The van der Waals surface area contributed by atoms with Crippen molar-refractivity contribution in [2.45, 2.75) is 64.5 Å². The molecule has 2 aromatic carbocycles. The number of halogens is 1. The molecule has 0 saturated heterocycles. The van der Waals surface area contributed by atoms with Gasteiger partial charge in [-0.05, 0) is 73.0 Å². The van der Waals surface area contributed by atoms with Crippen LogP contribution in [0.4, 0.5) is 10.1 Å². The van der Waals surface area contributed by atoms with Crippen molar-refractivity contribution in [3.05, 3.63) is 87.4 Å². The maximum atomic E-state index is 14.3. The predicted molar refractivity (Wildman–Crippen MR) is 136 cm³/mol. The third kappa shape index (κ3) is 5.55. The lowest BCUT2D eigenvalue weighted by Gasteiger charge is -2.35. The van der Waals surface area contributed by atoms with Gasteiger partial charge in [-0.15, -0.1) is 11.3 Å². The van der Waals surface area contributed by atoms with Crippen molar-refractivity contribution in [2.75, 3.05) is 4.90 Å². The first-order chi connectivity index (χ1) is 16.4. The Balaban J connectivity index is 1.80. The van der Waals surface area contributed by atoms with Crippen molar-refractivity contribution < 1.29 is 14.0 Å². The highest BCUT2D eigenvalue weighted by Gasteiger charge is 2.36. The summed E-state index contributed by atoms with van der Waals surface area (Å²) in [5.74, 6) is -0.896. The molecule has 4 rings (SSSR count). The van der Waals surface area contributed by atoms with Crippen molar-refractivity contribution in [3.63, 3.8) is 0 Å². The zero-order valence-electron chi connectivity index (χ0n) is 19.7. The highest BCUT2D eigenvalue weighted by Crippen LogP contribution is 2.34. The molecule has 0 bridgehead atoms. The number of aryl methyl sites for hydroxylation is 2. The van der Waals surface area contributed by atoms with Crippen LogP contribution in [0.15, 0.2) is 60.0 Å². The maximum Gasteiger partial charge on any atom is 0.248 e. The third-order valence-corrected chi connectivity index (χ3v) is 7.41. The summed E-state index contributed by atoms with van der Waals surface area (Å²) in [6.45, 7) is 3.91. The number of carbonyl (C=O) groups is 2. The van der Waals surface area contributed by atoms with E-state index in [1.54, 1.807) is 12.1 Å². The Morgan fingerprint density at radius 3 is 2.38 bits per heavy atom. The summed E-state index contributed by atoms with van der Waals surface area (Å²) < 4.78 is 14.3. The molecule has 0 aliphatic heterocycles. The molecule has 6 heteroatoms. The number of carbonyl (C=O) groups excluding carboxylic acids is 2. The topological polar surface area (TPSA) is 49.4 Å². The molecular formula is C28H31FN2O2S. The Hall–Kier alpha value is -2.99. The van der Waals surface area contributed by atoms with Crippen molar-refractivity contribution in [2.24, 2.45) is 0 Å². The van der Waals surface area contributed by atoms with Gasteiger partial charge in [0.1, 0.15) is 11.9 Å². The largest absolute Gasteiger partial charge is 0.351 e. The molecule has 1 aliphatic carbocycles. The molecule has 1 fully saturated rings. The van der Waals surface area contributed by atoms with Gasteiger partial charge < -0.3 is 5.32 Å². The Morgan fingerprint density at radius 1 is 1.03 bits per heavy atom. The molecule has 178 valence electrons. The third-order valence-electron chi connectivity index (χ3n) is 6.53. The molecule has 1 N–H and O–H groups in total. The van der Waals surface area contributed by atoms with Crippen LogP contribution in [0.25, 0.3) is 0 Å². The summed E-state index contributed by atoms with van der Waals surface area (Å²) in [6.07, 6.45) is 5.38. The molecule has 4 nitrogen and oxygen atoms in total. The van der Waals surface area contributed by atoms with Gasteiger partial charge in [0.25, 0.3) is 0 Å². The normalized spacial score (nSPS) is 15.0. The Bertz CT molecular complexity index is 1120. The van der Waals surface area contributed by atoms with E-state index in [0.29, 0.717) is 5.69 Å². The second kappa shape index (κ2) is 11.0. The maximum absolute atomic E-state index is 14.3. The van der Waals surface area contributed by atoms with Crippen LogP contribution < -0.4 is 10.2 Å². The number of nitrogens with one attached hydrogen (secondary N) is 1. The summed E-state index contributed by atoms with van der Waals surface area (Å²) in [5, 5.41) is 5.15. The van der Waals surface area contributed by atoms with Crippen LogP contribution in [0.2, 0.25) is 0 Å². The van der Waals surface area contributed by atoms with E-state index in [1.165, 1.54) is 34.8 Å². The molecule has 3 aromatic rings. The molecule has 1 atom stereocenters. The quantitative estimate of drug-likeness (QED) is 0.435. The van der Waals surface area contributed by atoms with Gasteiger partial charge >= 0.3 is 0 Å². The minimum absolute atomic E-state index is 0.0924. The fourth-order valence-electron chi connectivity index (χ4n) is 4.87. The zero-order valence-corrected chi connectivity index (χ0v) is 20.5. The average molecular weight is 479 g/mol. The Morgan fingerprint density at radius 2 is 1.74 bits per heavy atom. The van der Waals surface area contributed by atoms with Gasteiger partial charge in [-0.25, -0.2) is 4.39 Å². The first-order valence-corrected chi connectivity index (χ1v) is 12.8. The molecule has 34 heavy (non-hydrogen) atoms. The van der Waals surface area contributed by atoms with Gasteiger partial charge in [0.05, 0.1) is 6.42 Å². The van der Waals surface area contributed by atoms with Gasteiger partial charge in [-0.2, -0.15) is 0 Å². The van der Waals surface area contributed by atoms with Crippen LogP contribution in [0, 0.1) is 19.7 Å². The van der Waals surface area contributed by atoms with E-state index in [-0.39, 0.29) is 24.3 Å². The first kappa shape index (κ1) is 24.1. The molecule has 1 unspecified atom stereocenters. The highest BCUT2D eigenvalue weighted by molar-refractivity contribution is 7.10. The lowest BCUT2D eigenvalue weighted by Crippen LogP contribution is -2.48. The van der Waals surface area contributed by atoms with Gasteiger partial charge in [-0.1, -0.05) is 49.6 Å². The summed E-state index contributed by atoms with van der Waals surface area (Å²) in [5.41, 5.74) is 3.02. The van der Waals surface area contributed by atoms with Gasteiger partial charge in [0.2, 0.25) is 11.8 Å². The van der Waals surface area contributed by atoms with Gasteiger partial charge in [0, 0.05) is 16.6 Å². The standard InChI is InChI=1S/C28H31FN2O2S/c1-19-9-6-10-20(2)26(19)27(28(33)30-22-12-4-3-5-13-22)31(23-14-7-11-21(29)17-23)25(32)18-24-15-8-16-34-24/h6-11,14-17,22,27H,3-5,12-13,18H2,1-2H3,(H,30,33). The van der Waals surface area contributed by atoms with Crippen LogP contribution in [0.1, 0.15) is 59.7 Å². The highest BCUT2D eigenvalue weighted by atomic mass is 32.1. The summed E-state index contributed by atoms with van der Waals surface area (Å²) >= 11 is 1.50. The van der Waals surface area contributed by atoms with Gasteiger partial charge in [-0.3, -0.25) is 14.5 Å². The number of thiophene rings is 1. The molecule has 1 heterocycles. The molecular weight excluding hydrogens is 447 g/mol. The predicted octanol–water partition coefficient (Wildman–Crippen LogP) is 6.27. The fraction of sp³-hybridized carbons (Fsp3) is 0.357. The number of nitrogens with zero attached hydrogens (tertiary/aromatic N) is 1. The van der Waals surface area contributed by atoms with Crippen LogP contribution in [0.5, 0.6) is 0 Å². The van der Waals surface area contributed by atoms with Crippen LogP contribution in [-0.4, -0.2) is 17.9 Å². The van der Waals surface area contributed by atoms with Crippen molar-refractivity contribution in [1.29, 1.82) is 0 Å². The zero-order chi connectivity index (χ0) is 24.1. The lowest BCUT2D eigenvalue weighted by atomic mass is 9.91. The van der Waals surface area contributed by atoms with E-state index in [2.05, 4.69) is 5.32 Å². The molecule has 0 spiro atoms. The minimum Gasteiger partial charge on any atom is -0.351 e. The summed E-state index contributed by atoms with van der Waals surface area (Å²) in [7, 11) is 0. The Labute approximate surface area is 204 Å².